The number of oxime groups is 1. The van der Waals surface area contributed by atoms with Gasteiger partial charge in [-0.05, 0) is 19.8 Å². The number of amides is 2. The zero-order valence-electron chi connectivity index (χ0n) is 10.1. The van der Waals surface area contributed by atoms with Gasteiger partial charge >= 0.3 is 6.09 Å². The first-order valence-corrected chi connectivity index (χ1v) is 6.46. The number of carbonyl (C=O) groups is 2. The lowest BCUT2D eigenvalue weighted by Crippen LogP contribution is -2.29. The molecule has 1 aliphatic heterocycles. The molecule has 1 rings (SSSR count). The lowest BCUT2D eigenvalue weighted by atomic mass is 10.4. The molecule has 0 bridgehead atoms. The van der Waals surface area contributed by atoms with Crippen molar-refractivity contribution in [2.45, 2.75) is 19.8 Å². The second-order valence-corrected chi connectivity index (χ2v) is 4.78. The van der Waals surface area contributed by atoms with Crippen LogP contribution in [-0.2, 0) is 9.63 Å². The van der Waals surface area contributed by atoms with Gasteiger partial charge in [0.15, 0.2) is 0 Å². The molecule has 96 valence electrons. The SMILES string of the molecule is CNC(=O)O/N=C(\C)SCC(=O)N1CCCC1. The van der Waals surface area contributed by atoms with Crippen LogP contribution in [-0.4, -0.2) is 47.8 Å². The van der Waals surface area contributed by atoms with Gasteiger partial charge in [-0.3, -0.25) is 9.63 Å². The van der Waals surface area contributed by atoms with Gasteiger partial charge in [-0.15, -0.1) is 0 Å². The molecule has 1 fully saturated rings. The van der Waals surface area contributed by atoms with Crippen LogP contribution in [0.4, 0.5) is 4.79 Å². The molecule has 0 aliphatic carbocycles. The number of hydrogen-bond acceptors (Lipinski definition) is 5. The highest BCUT2D eigenvalue weighted by molar-refractivity contribution is 8.14. The normalized spacial score (nSPS) is 15.9. The highest BCUT2D eigenvalue weighted by Gasteiger charge is 2.17. The summed E-state index contributed by atoms with van der Waals surface area (Å²) in [7, 11) is 1.46. The topological polar surface area (TPSA) is 71.0 Å². The Hall–Kier alpha value is -1.24. The summed E-state index contributed by atoms with van der Waals surface area (Å²) in [4.78, 5) is 28.8. The Morgan fingerprint density at radius 1 is 1.41 bits per heavy atom. The molecule has 0 spiro atoms. The minimum absolute atomic E-state index is 0.113. The van der Waals surface area contributed by atoms with Crippen LogP contribution in [0.5, 0.6) is 0 Å². The lowest BCUT2D eigenvalue weighted by molar-refractivity contribution is -0.127. The molecule has 7 heteroatoms. The smallest absolute Gasteiger partial charge is 0.342 e. The molecule has 0 aromatic carbocycles. The van der Waals surface area contributed by atoms with Crippen LogP contribution in [0.15, 0.2) is 5.16 Å². The van der Waals surface area contributed by atoms with Gasteiger partial charge in [0.1, 0.15) is 5.04 Å². The Labute approximate surface area is 105 Å². The van der Waals surface area contributed by atoms with E-state index in [0.717, 1.165) is 25.9 Å². The van der Waals surface area contributed by atoms with Crippen LogP contribution in [0, 0.1) is 0 Å². The Bertz CT molecular complexity index is 314. The summed E-state index contributed by atoms with van der Waals surface area (Å²) in [5.74, 6) is 0.453. The van der Waals surface area contributed by atoms with Gasteiger partial charge in [0.05, 0.1) is 5.75 Å². The molecule has 1 aliphatic rings. The maximum Gasteiger partial charge on any atom is 0.433 e. The zero-order chi connectivity index (χ0) is 12.7. The van der Waals surface area contributed by atoms with Crippen molar-refractivity contribution < 1.29 is 14.4 Å². The predicted octanol–water partition coefficient (Wildman–Crippen LogP) is 1.03. The molecule has 0 radical (unpaired) electrons. The summed E-state index contributed by atoms with van der Waals surface area (Å²) in [5.41, 5.74) is 0. The fourth-order valence-corrected chi connectivity index (χ4v) is 2.01. The molecule has 1 saturated heterocycles. The molecule has 0 aromatic rings. The van der Waals surface area contributed by atoms with E-state index in [1.807, 2.05) is 4.90 Å². The van der Waals surface area contributed by atoms with Gasteiger partial charge in [-0.25, -0.2) is 4.79 Å². The highest BCUT2D eigenvalue weighted by Crippen LogP contribution is 2.11. The molecule has 1 heterocycles. The van der Waals surface area contributed by atoms with E-state index >= 15 is 0 Å². The van der Waals surface area contributed by atoms with E-state index in [-0.39, 0.29) is 5.91 Å². The van der Waals surface area contributed by atoms with E-state index in [1.165, 1.54) is 18.8 Å². The maximum atomic E-state index is 11.7. The Morgan fingerprint density at radius 3 is 2.65 bits per heavy atom. The number of likely N-dealkylation sites (tertiary alicyclic amines) is 1. The average Bonchev–Trinajstić information content (AvgIpc) is 2.86. The van der Waals surface area contributed by atoms with E-state index in [2.05, 4.69) is 15.3 Å². The molecular weight excluding hydrogens is 242 g/mol. The van der Waals surface area contributed by atoms with Crippen molar-refractivity contribution in [2.24, 2.45) is 5.16 Å². The molecule has 1 N–H and O–H groups in total. The molecule has 2 amide bonds. The minimum atomic E-state index is -0.615. The van der Waals surface area contributed by atoms with Crippen LogP contribution in [0.3, 0.4) is 0 Å². The van der Waals surface area contributed by atoms with Gasteiger partial charge in [-0.2, -0.15) is 0 Å². The number of thioether (sulfide) groups is 1. The summed E-state index contributed by atoms with van der Waals surface area (Å²) in [6, 6.07) is 0. The summed E-state index contributed by atoms with van der Waals surface area (Å²) in [6.07, 6.45) is 1.56. The number of nitrogens with zero attached hydrogens (tertiary/aromatic N) is 2. The van der Waals surface area contributed by atoms with Crippen LogP contribution in [0.1, 0.15) is 19.8 Å². The van der Waals surface area contributed by atoms with Gasteiger partial charge in [0.2, 0.25) is 5.91 Å². The Morgan fingerprint density at radius 2 is 2.06 bits per heavy atom. The molecule has 0 atom stereocenters. The third-order valence-electron chi connectivity index (χ3n) is 2.32. The quantitative estimate of drug-likeness (QED) is 0.356. The van der Waals surface area contributed by atoms with Crippen molar-refractivity contribution >= 4 is 28.8 Å². The molecule has 0 saturated carbocycles. The Kier molecular flexibility index (Phi) is 5.82. The molecule has 0 unspecified atom stereocenters. The van der Waals surface area contributed by atoms with Crippen molar-refractivity contribution in [3.63, 3.8) is 0 Å². The lowest BCUT2D eigenvalue weighted by Gasteiger charge is -2.14. The standard InChI is InChI=1S/C10H17N3O3S/c1-8(12-16-10(15)11-2)17-7-9(14)13-5-3-4-6-13/h3-7H2,1-2H3,(H,11,15)/b12-8+. The predicted molar refractivity (Wildman–Crippen MR) is 66.9 cm³/mol. The van der Waals surface area contributed by atoms with Gasteiger partial charge in [0.25, 0.3) is 0 Å². The summed E-state index contributed by atoms with van der Waals surface area (Å²) < 4.78 is 0. The zero-order valence-corrected chi connectivity index (χ0v) is 10.9. The summed E-state index contributed by atoms with van der Waals surface area (Å²) in [5, 5.41) is 6.42. The number of carbonyl (C=O) groups excluding carboxylic acids is 2. The van der Waals surface area contributed by atoms with Crippen molar-refractivity contribution in [3.8, 4) is 0 Å². The fraction of sp³-hybridized carbons (Fsp3) is 0.700. The van der Waals surface area contributed by atoms with Crippen LogP contribution in [0.25, 0.3) is 0 Å². The number of nitrogens with one attached hydrogen (secondary N) is 1. The molecule has 17 heavy (non-hydrogen) atoms. The van der Waals surface area contributed by atoms with Crippen molar-refractivity contribution in [3.05, 3.63) is 0 Å². The average molecular weight is 259 g/mol. The van der Waals surface area contributed by atoms with Crippen molar-refractivity contribution in [1.82, 2.24) is 10.2 Å². The minimum Gasteiger partial charge on any atom is -0.342 e. The van der Waals surface area contributed by atoms with E-state index in [0.29, 0.717) is 10.8 Å². The van der Waals surface area contributed by atoms with E-state index in [4.69, 9.17) is 0 Å². The summed E-state index contributed by atoms with van der Waals surface area (Å²) in [6.45, 7) is 3.40. The van der Waals surface area contributed by atoms with E-state index < -0.39 is 6.09 Å². The highest BCUT2D eigenvalue weighted by atomic mass is 32.2. The summed E-state index contributed by atoms with van der Waals surface area (Å²) >= 11 is 1.28. The van der Waals surface area contributed by atoms with Gasteiger partial charge < -0.3 is 10.2 Å². The molecular formula is C10H17N3O3S. The van der Waals surface area contributed by atoms with Crippen molar-refractivity contribution in [1.29, 1.82) is 0 Å². The molecule has 0 aromatic heterocycles. The van der Waals surface area contributed by atoms with Gasteiger partial charge in [0, 0.05) is 20.1 Å². The van der Waals surface area contributed by atoms with E-state index in [1.54, 1.807) is 6.92 Å². The maximum absolute atomic E-state index is 11.7. The van der Waals surface area contributed by atoms with Crippen LogP contribution < -0.4 is 5.32 Å². The largest absolute Gasteiger partial charge is 0.433 e. The third kappa shape index (κ3) is 5.08. The first-order valence-electron chi connectivity index (χ1n) is 5.47. The van der Waals surface area contributed by atoms with Crippen molar-refractivity contribution in [2.75, 3.05) is 25.9 Å². The fourth-order valence-electron chi connectivity index (χ4n) is 1.40. The van der Waals surface area contributed by atoms with Crippen LogP contribution >= 0.6 is 11.8 Å². The van der Waals surface area contributed by atoms with E-state index in [9.17, 15) is 9.59 Å². The molecule has 6 nitrogen and oxygen atoms in total. The Balaban J connectivity index is 2.24. The second kappa shape index (κ2) is 7.16. The monoisotopic (exact) mass is 259 g/mol. The first kappa shape index (κ1) is 13.8. The first-order chi connectivity index (χ1) is 8.13. The number of hydrogen-bond donors (Lipinski definition) is 1. The third-order valence-corrected chi connectivity index (χ3v) is 3.21. The van der Waals surface area contributed by atoms with Crippen LogP contribution in [0.2, 0.25) is 0 Å². The number of rotatable bonds is 3. The van der Waals surface area contributed by atoms with Gasteiger partial charge in [-0.1, -0.05) is 16.9 Å². The second-order valence-electron chi connectivity index (χ2n) is 3.62.